The fourth-order valence-electron chi connectivity index (χ4n) is 2.72. The standard InChI is InChI=1S/C15H24N2.ClH/c1-11-5-4-6-12(2)14(11)10-17-8-7-15(16)13(3)9-17;/h4-6,13,15H,7-10,16H2,1-3H3;1H. The summed E-state index contributed by atoms with van der Waals surface area (Å²) in [6, 6.07) is 6.95. The molecule has 2 rings (SSSR count). The maximum absolute atomic E-state index is 6.07. The summed E-state index contributed by atoms with van der Waals surface area (Å²) in [5.74, 6) is 0.619. The Hall–Kier alpha value is -0.570. The Balaban J connectivity index is 0.00000162. The molecule has 1 aromatic carbocycles. The highest BCUT2D eigenvalue weighted by molar-refractivity contribution is 5.85. The first-order valence-corrected chi connectivity index (χ1v) is 6.61. The van der Waals surface area contributed by atoms with Crippen molar-refractivity contribution in [1.29, 1.82) is 0 Å². The number of hydrogen-bond donors (Lipinski definition) is 1. The zero-order valence-electron chi connectivity index (χ0n) is 11.6. The Morgan fingerprint density at radius 2 is 1.89 bits per heavy atom. The quantitative estimate of drug-likeness (QED) is 0.894. The number of hydrogen-bond acceptors (Lipinski definition) is 2. The summed E-state index contributed by atoms with van der Waals surface area (Å²) in [5.41, 5.74) is 10.4. The SMILES string of the molecule is Cc1cccc(C)c1CN1CCC(N)C(C)C1.Cl. The third-order valence-electron chi connectivity index (χ3n) is 4.08. The molecule has 1 aliphatic heterocycles. The lowest BCUT2D eigenvalue weighted by molar-refractivity contribution is 0.157. The van der Waals surface area contributed by atoms with Crippen LogP contribution in [-0.2, 0) is 6.54 Å². The summed E-state index contributed by atoms with van der Waals surface area (Å²) in [5, 5.41) is 0. The van der Waals surface area contributed by atoms with Gasteiger partial charge in [-0.15, -0.1) is 12.4 Å². The number of rotatable bonds is 2. The van der Waals surface area contributed by atoms with Crippen molar-refractivity contribution in [2.75, 3.05) is 13.1 Å². The monoisotopic (exact) mass is 268 g/mol. The van der Waals surface area contributed by atoms with Gasteiger partial charge in [-0.05, 0) is 49.4 Å². The molecule has 2 atom stereocenters. The molecule has 0 bridgehead atoms. The lowest BCUT2D eigenvalue weighted by Crippen LogP contribution is -2.45. The fourth-order valence-corrected chi connectivity index (χ4v) is 2.72. The highest BCUT2D eigenvalue weighted by Gasteiger charge is 2.23. The van der Waals surface area contributed by atoms with E-state index in [1.807, 2.05) is 0 Å². The fraction of sp³-hybridized carbons (Fsp3) is 0.600. The van der Waals surface area contributed by atoms with Crippen molar-refractivity contribution in [3.63, 3.8) is 0 Å². The molecule has 18 heavy (non-hydrogen) atoms. The summed E-state index contributed by atoms with van der Waals surface area (Å²) < 4.78 is 0. The average molecular weight is 269 g/mol. The van der Waals surface area contributed by atoms with Gasteiger partial charge in [-0.1, -0.05) is 25.1 Å². The number of aryl methyl sites for hydroxylation is 2. The first-order valence-electron chi connectivity index (χ1n) is 6.61. The van der Waals surface area contributed by atoms with E-state index in [-0.39, 0.29) is 12.4 Å². The number of nitrogens with two attached hydrogens (primary N) is 1. The average Bonchev–Trinajstić information content (AvgIpc) is 2.28. The van der Waals surface area contributed by atoms with E-state index < -0.39 is 0 Å². The van der Waals surface area contributed by atoms with Crippen LogP contribution in [0.2, 0.25) is 0 Å². The topological polar surface area (TPSA) is 29.3 Å². The second kappa shape index (κ2) is 6.55. The lowest BCUT2D eigenvalue weighted by atomic mass is 9.93. The van der Waals surface area contributed by atoms with Crippen LogP contribution in [0.4, 0.5) is 0 Å². The van der Waals surface area contributed by atoms with Crippen LogP contribution in [0.25, 0.3) is 0 Å². The van der Waals surface area contributed by atoms with E-state index in [9.17, 15) is 0 Å². The van der Waals surface area contributed by atoms with Gasteiger partial charge in [-0.25, -0.2) is 0 Å². The van der Waals surface area contributed by atoms with Crippen LogP contribution >= 0.6 is 12.4 Å². The maximum atomic E-state index is 6.07. The Kier molecular flexibility index (Phi) is 5.64. The van der Waals surface area contributed by atoms with Crippen molar-refractivity contribution in [1.82, 2.24) is 4.90 Å². The van der Waals surface area contributed by atoms with Gasteiger partial charge >= 0.3 is 0 Å². The van der Waals surface area contributed by atoms with E-state index in [0.717, 1.165) is 26.1 Å². The minimum Gasteiger partial charge on any atom is -0.327 e. The van der Waals surface area contributed by atoms with Crippen LogP contribution in [0, 0.1) is 19.8 Å². The number of halogens is 1. The Morgan fingerprint density at radius 1 is 1.28 bits per heavy atom. The Morgan fingerprint density at radius 3 is 2.44 bits per heavy atom. The van der Waals surface area contributed by atoms with Gasteiger partial charge in [0.05, 0.1) is 0 Å². The van der Waals surface area contributed by atoms with Crippen molar-refractivity contribution in [2.24, 2.45) is 11.7 Å². The molecule has 0 radical (unpaired) electrons. The third-order valence-corrected chi connectivity index (χ3v) is 4.08. The Labute approximate surface area is 117 Å². The molecule has 0 spiro atoms. The van der Waals surface area contributed by atoms with Crippen LogP contribution in [0.1, 0.15) is 30.0 Å². The zero-order valence-corrected chi connectivity index (χ0v) is 12.5. The minimum absolute atomic E-state index is 0. The second-order valence-corrected chi connectivity index (χ2v) is 5.54. The summed E-state index contributed by atoms with van der Waals surface area (Å²) in [4.78, 5) is 2.54. The molecule has 0 saturated carbocycles. The first kappa shape index (κ1) is 15.5. The third kappa shape index (κ3) is 3.47. The van der Waals surface area contributed by atoms with E-state index in [4.69, 9.17) is 5.73 Å². The molecule has 2 N–H and O–H groups in total. The van der Waals surface area contributed by atoms with E-state index in [0.29, 0.717) is 12.0 Å². The van der Waals surface area contributed by atoms with Gasteiger partial charge in [0.1, 0.15) is 0 Å². The van der Waals surface area contributed by atoms with Crippen LogP contribution in [-0.4, -0.2) is 24.0 Å². The van der Waals surface area contributed by atoms with Crippen LogP contribution in [0.15, 0.2) is 18.2 Å². The highest BCUT2D eigenvalue weighted by atomic mass is 35.5. The summed E-state index contributed by atoms with van der Waals surface area (Å²) in [6.45, 7) is 10.0. The normalized spacial score (nSPS) is 24.7. The summed E-state index contributed by atoms with van der Waals surface area (Å²) >= 11 is 0. The first-order chi connectivity index (χ1) is 8.08. The van der Waals surface area contributed by atoms with Gasteiger partial charge in [0.15, 0.2) is 0 Å². The molecule has 1 aromatic rings. The molecule has 0 aliphatic carbocycles. The molecular formula is C15H25ClN2. The van der Waals surface area contributed by atoms with Gasteiger partial charge in [0.2, 0.25) is 0 Å². The molecule has 1 fully saturated rings. The number of likely N-dealkylation sites (tertiary alicyclic amines) is 1. The number of benzene rings is 1. The van der Waals surface area contributed by atoms with Crippen LogP contribution < -0.4 is 5.73 Å². The van der Waals surface area contributed by atoms with E-state index in [1.165, 1.54) is 16.7 Å². The summed E-state index contributed by atoms with van der Waals surface area (Å²) in [7, 11) is 0. The largest absolute Gasteiger partial charge is 0.327 e. The molecule has 1 aliphatic rings. The molecule has 1 heterocycles. The molecule has 3 heteroatoms. The molecule has 0 amide bonds. The van der Waals surface area contributed by atoms with Crippen LogP contribution in [0.3, 0.4) is 0 Å². The van der Waals surface area contributed by atoms with E-state index in [1.54, 1.807) is 0 Å². The molecule has 0 aromatic heterocycles. The van der Waals surface area contributed by atoms with E-state index in [2.05, 4.69) is 43.9 Å². The van der Waals surface area contributed by atoms with Crippen molar-refractivity contribution in [3.8, 4) is 0 Å². The second-order valence-electron chi connectivity index (χ2n) is 5.54. The molecule has 2 nitrogen and oxygen atoms in total. The highest BCUT2D eigenvalue weighted by Crippen LogP contribution is 2.20. The lowest BCUT2D eigenvalue weighted by Gasteiger charge is -2.35. The van der Waals surface area contributed by atoms with Crippen molar-refractivity contribution >= 4 is 12.4 Å². The van der Waals surface area contributed by atoms with Gasteiger partial charge in [-0.3, -0.25) is 4.90 Å². The predicted octanol–water partition coefficient (Wildman–Crippen LogP) is 2.89. The van der Waals surface area contributed by atoms with Crippen molar-refractivity contribution in [3.05, 3.63) is 34.9 Å². The molecular weight excluding hydrogens is 244 g/mol. The molecule has 102 valence electrons. The Bertz CT molecular complexity index is 372. The minimum atomic E-state index is 0. The van der Waals surface area contributed by atoms with Crippen LogP contribution in [0.5, 0.6) is 0 Å². The number of piperidine rings is 1. The van der Waals surface area contributed by atoms with Gasteiger partial charge < -0.3 is 5.73 Å². The van der Waals surface area contributed by atoms with Crippen molar-refractivity contribution < 1.29 is 0 Å². The summed E-state index contributed by atoms with van der Waals surface area (Å²) in [6.07, 6.45) is 1.13. The van der Waals surface area contributed by atoms with Gasteiger partial charge in [-0.2, -0.15) is 0 Å². The van der Waals surface area contributed by atoms with E-state index >= 15 is 0 Å². The smallest absolute Gasteiger partial charge is 0.0239 e. The molecule has 1 saturated heterocycles. The zero-order chi connectivity index (χ0) is 12.4. The maximum Gasteiger partial charge on any atom is 0.0239 e. The van der Waals surface area contributed by atoms with Gasteiger partial charge in [0.25, 0.3) is 0 Å². The molecule has 2 unspecified atom stereocenters. The van der Waals surface area contributed by atoms with Crippen molar-refractivity contribution in [2.45, 2.75) is 39.8 Å². The number of nitrogens with zero attached hydrogens (tertiary/aromatic N) is 1. The van der Waals surface area contributed by atoms with Gasteiger partial charge in [0, 0.05) is 19.1 Å². The predicted molar refractivity (Wildman–Crippen MR) is 80.2 cm³/mol.